The quantitative estimate of drug-likeness (QED) is 0.468. The molecule has 0 unspecified atom stereocenters. The number of anilines is 1. The highest BCUT2D eigenvalue weighted by Gasteiger charge is 2.31. The van der Waals surface area contributed by atoms with Gasteiger partial charge in [-0.3, -0.25) is 13.9 Å². The number of halogens is 1. The molecule has 1 saturated carbocycles. The van der Waals surface area contributed by atoms with Crippen molar-refractivity contribution in [3.05, 3.63) is 64.1 Å². The maximum Gasteiger partial charge on any atom is 0.244 e. The molecule has 1 aliphatic carbocycles. The zero-order valence-electron chi connectivity index (χ0n) is 20.5. The maximum absolute atomic E-state index is 13.6. The summed E-state index contributed by atoms with van der Waals surface area (Å²) in [4.78, 5) is 28.1. The Balaban J connectivity index is 1.87. The van der Waals surface area contributed by atoms with E-state index < -0.39 is 22.0 Å². The molecule has 0 bridgehead atoms. The molecule has 3 rings (SSSR count). The number of carbonyl (C=O) groups excluding carboxylic acids is 2. The van der Waals surface area contributed by atoms with Gasteiger partial charge in [-0.05, 0) is 61.6 Å². The summed E-state index contributed by atoms with van der Waals surface area (Å²) in [5.41, 5.74) is 2.33. The lowest BCUT2D eigenvalue weighted by molar-refractivity contribution is -0.139. The van der Waals surface area contributed by atoms with Crippen LogP contribution < -0.4 is 9.62 Å². The SMILES string of the molecule is CCc1ccc(N(CC(=O)N(Cc2cccc(Br)c2)[C@@H](C)C(=O)NC2CCCC2)S(C)(=O)=O)cc1. The summed E-state index contributed by atoms with van der Waals surface area (Å²) < 4.78 is 27.3. The average Bonchev–Trinajstić information content (AvgIpc) is 3.33. The number of nitrogens with one attached hydrogen (secondary N) is 1. The molecule has 2 aromatic rings. The summed E-state index contributed by atoms with van der Waals surface area (Å²) in [7, 11) is -3.73. The van der Waals surface area contributed by atoms with Crippen LogP contribution in [-0.4, -0.2) is 50.0 Å². The maximum atomic E-state index is 13.6. The molecule has 0 saturated heterocycles. The average molecular weight is 565 g/mol. The molecule has 0 heterocycles. The number of sulfonamides is 1. The molecule has 35 heavy (non-hydrogen) atoms. The van der Waals surface area contributed by atoms with Crippen LogP contribution in [0.25, 0.3) is 0 Å². The van der Waals surface area contributed by atoms with Crippen molar-refractivity contribution in [2.24, 2.45) is 0 Å². The Hall–Kier alpha value is -2.39. The Morgan fingerprint density at radius 2 is 1.74 bits per heavy atom. The first-order chi connectivity index (χ1) is 16.6. The molecule has 0 spiro atoms. The normalized spacial score (nSPS) is 15.0. The lowest BCUT2D eigenvalue weighted by Gasteiger charge is -2.32. The number of nitrogens with zero attached hydrogens (tertiary/aromatic N) is 2. The third-order valence-electron chi connectivity index (χ3n) is 6.42. The van der Waals surface area contributed by atoms with Crippen LogP contribution >= 0.6 is 15.9 Å². The van der Waals surface area contributed by atoms with E-state index in [1.807, 2.05) is 43.3 Å². The van der Waals surface area contributed by atoms with E-state index in [0.717, 1.165) is 58.3 Å². The van der Waals surface area contributed by atoms with Gasteiger partial charge in [0.05, 0.1) is 11.9 Å². The molecule has 2 amide bonds. The summed E-state index contributed by atoms with van der Waals surface area (Å²) in [5.74, 6) is -0.664. The van der Waals surface area contributed by atoms with E-state index in [1.54, 1.807) is 19.1 Å². The number of hydrogen-bond donors (Lipinski definition) is 1. The van der Waals surface area contributed by atoms with Crippen molar-refractivity contribution in [3.8, 4) is 0 Å². The highest BCUT2D eigenvalue weighted by molar-refractivity contribution is 9.10. The van der Waals surface area contributed by atoms with Gasteiger partial charge in [-0.15, -0.1) is 0 Å². The molecule has 1 atom stereocenters. The molecule has 1 aliphatic rings. The van der Waals surface area contributed by atoms with Gasteiger partial charge in [0.2, 0.25) is 21.8 Å². The summed E-state index contributed by atoms with van der Waals surface area (Å²) >= 11 is 3.45. The minimum Gasteiger partial charge on any atom is -0.352 e. The van der Waals surface area contributed by atoms with E-state index in [0.29, 0.717) is 5.69 Å². The molecular formula is C26H34BrN3O4S. The third kappa shape index (κ3) is 7.54. The Morgan fingerprint density at radius 1 is 1.09 bits per heavy atom. The van der Waals surface area contributed by atoms with Gasteiger partial charge in [0.15, 0.2) is 0 Å². The van der Waals surface area contributed by atoms with Gasteiger partial charge in [-0.2, -0.15) is 0 Å². The van der Waals surface area contributed by atoms with E-state index in [4.69, 9.17) is 0 Å². The van der Waals surface area contributed by atoms with Gasteiger partial charge in [0.25, 0.3) is 0 Å². The second kappa shape index (κ2) is 12.0. The van der Waals surface area contributed by atoms with E-state index in [-0.39, 0.29) is 25.0 Å². The zero-order chi connectivity index (χ0) is 25.6. The summed E-state index contributed by atoms with van der Waals surface area (Å²) in [6.45, 7) is 3.51. The number of rotatable bonds is 10. The van der Waals surface area contributed by atoms with Crippen molar-refractivity contribution in [2.45, 2.75) is 64.6 Å². The number of benzene rings is 2. The van der Waals surface area contributed by atoms with Crippen LogP contribution in [0.5, 0.6) is 0 Å². The van der Waals surface area contributed by atoms with Crippen LogP contribution in [0.15, 0.2) is 53.0 Å². The van der Waals surface area contributed by atoms with Gasteiger partial charge < -0.3 is 10.2 Å². The van der Waals surface area contributed by atoms with Crippen molar-refractivity contribution in [1.29, 1.82) is 0 Å². The highest BCUT2D eigenvalue weighted by atomic mass is 79.9. The molecule has 7 nitrogen and oxygen atoms in total. The second-order valence-corrected chi connectivity index (χ2v) is 11.9. The predicted octanol–water partition coefficient (Wildman–Crippen LogP) is 4.25. The van der Waals surface area contributed by atoms with Crippen molar-refractivity contribution in [1.82, 2.24) is 10.2 Å². The summed E-state index contributed by atoms with van der Waals surface area (Å²) in [6, 6.07) is 14.0. The molecule has 0 radical (unpaired) electrons. The zero-order valence-corrected chi connectivity index (χ0v) is 22.9. The standard InChI is InChI=1S/C26H34BrN3O4S/c1-4-20-12-14-24(15-13-20)30(35(3,33)34)18-25(31)29(17-21-8-7-9-22(27)16-21)19(2)26(32)28-23-10-5-6-11-23/h7-9,12-16,19,23H,4-6,10-11,17-18H2,1-3H3,(H,28,32)/t19-/m0/s1. The van der Waals surface area contributed by atoms with E-state index >= 15 is 0 Å². The fourth-order valence-corrected chi connectivity index (χ4v) is 5.61. The molecule has 9 heteroatoms. The largest absolute Gasteiger partial charge is 0.352 e. The van der Waals surface area contributed by atoms with Gasteiger partial charge in [-0.1, -0.05) is 60.0 Å². The van der Waals surface area contributed by atoms with E-state index in [9.17, 15) is 18.0 Å². The number of aryl methyl sites for hydroxylation is 1. The Kier molecular flexibility index (Phi) is 9.35. The van der Waals surface area contributed by atoms with Crippen LogP contribution in [-0.2, 0) is 32.6 Å². The fraction of sp³-hybridized carbons (Fsp3) is 0.462. The van der Waals surface area contributed by atoms with Crippen LogP contribution in [0.4, 0.5) is 5.69 Å². The molecule has 1 fully saturated rings. The van der Waals surface area contributed by atoms with Crippen molar-refractivity contribution in [3.63, 3.8) is 0 Å². The van der Waals surface area contributed by atoms with Crippen LogP contribution in [0.3, 0.4) is 0 Å². The Bertz CT molecular complexity index is 1130. The van der Waals surface area contributed by atoms with Gasteiger partial charge in [0, 0.05) is 17.1 Å². The minimum atomic E-state index is -3.73. The molecule has 0 aliphatic heterocycles. The van der Waals surface area contributed by atoms with Crippen molar-refractivity contribution in [2.75, 3.05) is 17.1 Å². The van der Waals surface area contributed by atoms with Gasteiger partial charge in [0.1, 0.15) is 12.6 Å². The van der Waals surface area contributed by atoms with E-state index in [2.05, 4.69) is 21.2 Å². The number of carbonyl (C=O) groups is 2. The highest BCUT2D eigenvalue weighted by Crippen LogP contribution is 2.22. The molecule has 190 valence electrons. The summed E-state index contributed by atoms with van der Waals surface area (Å²) in [6.07, 6.45) is 5.95. The minimum absolute atomic E-state index is 0.123. The molecular weight excluding hydrogens is 530 g/mol. The third-order valence-corrected chi connectivity index (χ3v) is 8.06. The first-order valence-electron chi connectivity index (χ1n) is 12.0. The molecule has 0 aromatic heterocycles. The van der Waals surface area contributed by atoms with E-state index in [1.165, 1.54) is 4.90 Å². The van der Waals surface area contributed by atoms with Crippen molar-refractivity contribution < 1.29 is 18.0 Å². The molecule has 2 aromatic carbocycles. The topological polar surface area (TPSA) is 86.8 Å². The van der Waals surface area contributed by atoms with Crippen LogP contribution in [0, 0.1) is 0 Å². The van der Waals surface area contributed by atoms with Gasteiger partial charge >= 0.3 is 0 Å². The van der Waals surface area contributed by atoms with Gasteiger partial charge in [-0.25, -0.2) is 8.42 Å². The smallest absolute Gasteiger partial charge is 0.244 e. The van der Waals surface area contributed by atoms with Crippen molar-refractivity contribution >= 4 is 43.5 Å². The first kappa shape index (κ1) is 27.2. The number of hydrogen-bond acceptors (Lipinski definition) is 4. The lowest BCUT2D eigenvalue weighted by Crippen LogP contribution is -2.52. The fourth-order valence-electron chi connectivity index (χ4n) is 4.32. The second-order valence-electron chi connectivity index (χ2n) is 9.11. The predicted molar refractivity (Wildman–Crippen MR) is 143 cm³/mol. The monoisotopic (exact) mass is 563 g/mol. The first-order valence-corrected chi connectivity index (χ1v) is 14.6. The lowest BCUT2D eigenvalue weighted by atomic mass is 10.1. The van der Waals surface area contributed by atoms with Crippen LogP contribution in [0.1, 0.15) is 50.7 Å². The molecule has 1 N–H and O–H groups in total. The Labute approximate surface area is 217 Å². The summed E-state index contributed by atoms with van der Waals surface area (Å²) in [5, 5.41) is 3.07. The van der Waals surface area contributed by atoms with Crippen LogP contribution in [0.2, 0.25) is 0 Å². The Morgan fingerprint density at radius 3 is 2.31 bits per heavy atom. The number of amides is 2.